The van der Waals surface area contributed by atoms with Crippen molar-refractivity contribution >= 4 is 16.9 Å². The van der Waals surface area contributed by atoms with Crippen molar-refractivity contribution < 1.29 is 9.18 Å². The number of nitrogens with zero attached hydrogens (tertiary/aromatic N) is 1. The van der Waals surface area contributed by atoms with E-state index in [0.29, 0.717) is 24.2 Å². The van der Waals surface area contributed by atoms with Gasteiger partial charge in [-0.25, -0.2) is 9.37 Å². The van der Waals surface area contributed by atoms with Gasteiger partial charge in [0.05, 0.1) is 22.5 Å². The van der Waals surface area contributed by atoms with Crippen LogP contribution in [0.1, 0.15) is 50.0 Å². The summed E-state index contributed by atoms with van der Waals surface area (Å²) in [6, 6.07) is 14.1. The Morgan fingerprint density at radius 2 is 1.85 bits per heavy atom. The van der Waals surface area contributed by atoms with Gasteiger partial charge in [-0.3, -0.25) is 4.79 Å². The van der Waals surface area contributed by atoms with Crippen LogP contribution in [0.25, 0.3) is 11.0 Å². The van der Waals surface area contributed by atoms with Crippen molar-refractivity contribution in [1.29, 1.82) is 0 Å². The molecule has 1 aliphatic rings. The topological polar surface area (TPSA) is 57.8 Å². The fourth-order valence-corrected chi connectivity index (χ4v) is 4.03. The molecule has 1 saturated carbocycles. The van der Waals surface area contributed by atoms with E-state index in [1.165, 1.54) is 6.07 Å². The van der Waals surface area contributed by atoms with Crippen LogP contribution in [0, 0.1) is 5.82 Å². The number of hydrogen-bond acceptors (Lipinski definition) is 2. The van der Waals surface area contributed by atoms with E-state index < -0.39 is 5.41 Å². The largest absolute Gasteiger partial charge is 0.346 e. The highest BCUT2D eigenvalue weighted by molar-refractivity contribution is 5.89. The third-order valence-electron chi connectivity index (χ3n) is 5.45. The van der Waals surface area contributed by atoms with Crippen LogP contribution in [0.2, 0.25) is 0 Å². The molecular weight excluding hydrogens is 329 g/mol. The second-order valence-electron chi connectivity index (χ2n) is 7.10. The van der Waals surface area contributed by atoms with E-state index in [1.807, 2.05) is 31.2 Å². The molecule has 134 valence electrons. The van der Waals surface area contributed by atoms with Gasteiger partial charge in [-0.1, -0.05) is 43.2 Å². The number of imidazole rings is 1. The Morgan fingerprint density at radius 3 is 2.58 bits per heavy atom. The maximum absolute atomic E-state index is 14.4. The number of aromatic nitrogens is 2. The van der Waals surface area contributed by atoms with Crippen LogP contribution in [-0.2, 0) is 10.2 Å². The van der Waals surface area contributed by atoms with Crippen molar-refractivity contribution in [3.63, 3.8) is 0 Å². The number of H-pyrrole nitrogens is 1. The number of aromatic amines is 1. The first-order valence-corrected chi connectivity index (χ1v) is 9.11. The fraction of sp³-hybridized carbons (Fsp3) is 0.333. The normalized spacial score (nSPS) is 17.3. The van der Waals surface area contributed by atoms with Crippen molar-refractivity contribution in [3.8, 4) is 0 Å². The number of hydrogen-bond donors (Lipinski definition) is 2. The number of fused-ring (bicyclic) bond motifs is 1. The molecule has 1 amide bonds. The number of rotatable bonds is 4. The summed E-state index contributed by atoms with van der Waals surface area (Å²) in [6.07, 6.45) is 3.21. The number of halogens is 1. The molecule has 0 radical (unpaired) electrons. The Balaban J connectivity index is 1.62. The summed E-state index contributed by atoms with van der Waals surface area (Å²) in [5, 5.41) is 3.07. The summed E-state index contributed by atoms with van der Waals surface area (Å²) in [6.45, 7) is 1.90. The van der Waals surface area contributed by atoms with Crippen LogP contribution < -0.4 is 5.32 Å². The van der Waals surface area contributed by atoms with Gasteiger partial charge < -0.3 is 10.3 Å². The van der Waals surface area contributed by atoms with Crippen molar-refractivity contribution in [2.45, 2.75) is 44.1 Å². The van der Waals surface area contributed by atoms with E-state index in [-0.39, 0.29) is 17.8 Å². The first-order valence-electron chi connectivity index (χ1n) is 9.11. The highest BCUT2D eigenvalue weighted by Crippen LogP contribution is 2.42. The number of benzene rings is 2. The number of nitrogens with one attached hydrogen (secondary N) is 2. The van der Waals surface area contributed by atoms with E-state index in [4.69, 9.17) is 0 Å². The van der Waals surface area contributed by atoms with Crippen LogP contribution in [0.5, 0.6) is 0 Å². The van der Waals surface area contributed by atoms with E-state index in [0.717, 1.165) is 23.9 Å². The Kier molecular flexibility index (Phi) is 4.23. The zero-order valence-corrected chi connectivity index (χ0v) is 14.8. The minimum absolute atomic E-state index is 0.118. The van der Waals surface area contributed by atoms with Crippen LogP contribution in [0.15, 0.2) is 48.5 Å². The molecule has 26 heavy (non-hydrogen) atoms. The molecule has 3 aromatic rings. The van der Waals surface area contributed by atoms with Gasteiger partial charge in [-0.2, -0.15) is 0 Å². The standard InChI is InChI=1S/C21H22FN3O/c1-14(19-24-17-10-4-5-11-18(17)25-19)23-20(26)21(12-6-7-13-21)15-8-2-3-9-16(15)22/h2-5,8-11,14H,6-7,12-13H2,1H3,(H,23,26)(H,24,25)/t14-/m1/s1. The molecule has 2 N–H and O–H groups in total. The maximum Gasteiger partial charge on any atom is 0.231 e. The molecule has 1 heterocycles. The second-order valence-corrected chi connectivity index (χ2v) is 7.10. The van der Waals surface area contributed by atoms with Gasteiger partial charge in [0.1, 0.15) is 11.6 Å². The minimum atomic E-state index is -0.786. The molecule has 0 unspecified atom stereocenters. The summed E-state index contributed by atoms with van der Waals surface area (Å²) in [4.78, 5) is 21.0. The molecule has 4 rings (SSSR count). The van der Waals surface area contributed by atoms with Gasteiger partial charge in [-0.15, -0.1) is 0 Å². The van der Waals surface area contributed by atoms with Crippen molar-refractivity contribution in [2.75, 3.05) is 0 Å². The highest BCUT2D eigenvalue weighted by Gasteiger charge is 2.44. The van der Waals surface area contributed by atoms with Crippen molar-refractivity contribution in [1.82, 2.24) is 15.3 Å². The third-order valence-corrected chi connectivity index (χ3v) is 5.45. The lowest BCUT2D eigenvalue weighted by Crippen LogP contribution is -2.44. The Hall–Kier alpha value is -2.69. The van der Waals surface area contributed by atoms with Crippen molar-refractivity contribution in [2.24, 2.45) is 0 Å². The van der Waals surface area contributed by atoms with Crippen LogP contribution in [0.3, 0.4) is 0 Å². The number of amides is 1. The first kappa shape index (κ1) is 16.8. The van der Waals surface area contributed by atoms with Crippen LogP contribution in [0.4, 0.5) is 4.39 Å². The molecule has 1 fully saturated rings. The zero-order chi connectivity index (χ0) is 18.1. The monoisotopic (exact) mass is 351 g/mol. The minimum Gasteiger partial charge on any atom is -0.346 e. The molecule has 0 bridgehead atoms. The molecular formula is C21H22FN3O. The smallest absolute Gasteiger partial charge is 0.231 e. The predicted octanol–water partition coefficient (Wildman–Crippen LogP) is 4.39. The molecule has 5 heteroatoms. The lowest BCUT2D eigenvalue weighted by atomic mass is 9.77. The lowest BCUT2D eigenvalue weighted by molar-refractivity contribution is -0.127. The quantitative estimate of drug-likeness (QED) is 0.732. The van der Waals surface area contributed by atoms with Crippen LogP contribution in [-0.4, -0.2) is 15.9 Å². The molecule has 0 saturated heterocycles. The molecule has 1 aliphatic carbocycles. The predicted molar refractivity (Wildman–Crippen MR) is 99.2 cm³/mol. The van der Waals surface area contributed by atoms with Crippen molar-refractivity contribution in [3.05, 3.63) is 65.7 Å². The van der Waals surface area contributed by atoms with E-state index in [1.54, 1.807) is 18.2 Å². The summed E-state index contributed by atoms with van der Waals surface area (Å²) >= 11 is 0. The maximum atomic E-state index is 14.4. The van der Waals surface area contributed by atoms with Crippen LogP contribution >= 0.6 is 0 Å². The first-order chi connectivity index (χ1) is 12.6. The van der Waals surface area contributed by atoms with Gasteiger partial charge in [0.25, 0.3) is 0 Å². The third kappa shape index (κ3) is 2.77. The average molecular weight is 351 g/mol. The molecule has 1 aromatic heterocycles. The van der Waals surface area contributed by atoms with Gasteiger partial charge in [0.15, 0.2) is 0 Å². The summed E-state index contributed by atoms with van der Waals surface area (Å²) < 4.78 is 14.4. The van der Waals surface area contributed by atoms with Gasteiger partial charge in [-0.05, 0) is 38.0 Å². The summed E-state index contributed by atoms with van der Waals surface area (Å²) in [5.41, 5.74) is 1.53. The number of para-hydroxylation sites is 2. The molecule has 2 aromatic carbocycles. The Labute approximate surface area is 151 Å². The van der Waals surface area contributed by atoms with E-state index in [9.17, 15) is 9.18 Å². The molecule has 0 aliphatic heterocycles. The van der Waals surface area contributed by atoms with E-state index >= 15 is 0 Å². The molecule has 4 nitrogen and oxygen atoms in total. The van der Waals surface area contributed by atoms with Gasteiger partial charge in [0, 0.05) is 5.56 Å². The second kappa shape index (κ2) is 6.56. The highest BCUT2D eigenvalue weighted by atomic mass is 19.1. The number of carbonyl (C=O) groups excluding carboxylic acids is 1. The SMILES string of the molecule is C[C@@H](NC(=O)C1(c2ccccc2F)CCCC1)c1nc2ccccc2[nH]1. The lowest BCUT2D eigenvalue weighted by Gasteiger charge is -2.30. The molecule has 0 spiro atoms. The zero-order valence-electron chi connectivity index (χ0n) is 14.8. The Bertz CT molecular complexity index is 910. The fourth-order valence-electron chi connectivity index (χ4n) is 4.03. The number of carbonyl (C=O) groups is 1. The van der Waals surface area contributed by atoms with Gasteiger partial charge in [0.2, 0.25) is 5.91 Å². The molecule has 1 atom stereocenters. The average Bonchev–Trinajstić information content (AvgIpc) is 3.30. The summed E-state index contributed by atoms with van der Waals surface area (Å²) in [7, 11) is 0. The Morgan fingerprint density at radius 1 is 1.15 bits per heavy atom. The summed E-state index contributed by atoms with van der Waals surface area (Å²) in [5.74, 6) is 0.287. The van der Waals surface area contributed by atoms with E-state index in [2.05, 4.69) is 15.3 Å². The van der Waals surface area contributed by atoms with Gasteiger partial charge >= 0.3 is 0 Å².